The van der Waals surface area contributed by atoms with Crippen LogP contribution < -0.4 is 5.32 Å². The highest BCUT2D eigenvalue weighted by atomic mass is 32.2. The van der Waals surface area contributed by atoms with Crippen LogP contribution in [0.1, 0.15) is 47.2 Å². The van der Waals surface area contributed by atoms with Gasteiger partial charge < -0.3 is 9.88 Å². The zero-order chi connectivity index (χ0) is 19.8. The lowest BCUT2D eigenvalue weighted by Crippen LogP contribution is -2.23. The van der Waals surface area contributed by atoms with Crippen molar-refractivity contribution < 1.29 is 13.2 Å². The van der Waals surface area contributed by atoms with Gasteiger partial charge in [0.2, 0.25) is 10.0 Å². The molecule has 0 aliphatic heterocycles. The van der Waals surface area contributed by atoms with E-state index >= 15 is 0 Å². The fraction of sp³-hybridized carbons (Fsp3) is 0.421. The van der Waals surface area contributed by atoms with Gasteiger partial charge in [-0.2, -0.15) is 0 Å². The highest BCUT2D eigenvalue weighted by Gasteiger charge is 2.21. The molecule has 0 aliphatic rings. The van der Waals surface area contributed by atoms with Crippen LogP contribution in [0.3, 0.4) is 0 Å². The van der Waals surface area contributed by atoms with Gasteiger partial charge in [-0.15, -0.1) is 0 Å². The van der Waals surface area contributed by atoms with Crippen molar-refractivity contribution >= 4 is 21.6 Å². The summed E-state index contributed by atoms with van der Waals surface area (Å²) < 4.78 is 28.2. The standard InChI is InChI=1S/C19H27N3O3S/c1-12(2)22-14(4)10-17(15(22)5)19(23)20-16-9-8-13(3)18(11-16)26(24,25)21(6)7/h8-12H,1-7H3,(H,20,23). The largest absolute Gasteiger partial charge is 0.346 e. The number of aryl methyl sites for hydroxylation is 2. The first kappa shape index (κ1) is 20.2. The monoisotopic (exact) mass is 377 g/mol. The van der Waals surface area contributed by atoms with E-state index < -0.39 is 10.0 Å². The van der Waals surface area contributed by atoms with Crippen LogP contribution in [-0.2, 0) is 10.0 Å². The minimum absolute atomic E-state index is 0.188. The molecule has 0 saturated heterocycles. The molecule has 1 aromatic carbocycles. The Morgan fingerprint density at radius 2 is 1.73 bits per heavy atom. The molecule has 0 radical (unpaired) electrons. The number of nitrogens with zero attached hydrogens (tertiary/aromatic N) is 2. The van der Waals surface area contributed by atoms with E-state index in [0.717, 1.165) is 15.7 Å². The third kappa shape index (κ3) is 3.68. The van der Waals surface area contributed by atoms with Gasteiger partial charge in [0.25, 0.3) is 5.91 Å². The van der Waals surface area contributed by atoms with Crippen LogP contribution in [0.2, 0.25) is 0 Å². The van der Waals surface area contributed by atoms with Crippen LogP contribution in [0.5, 0.6) is 0 Å². The summed E-state index contributed by atoms with van der Waals surface area (Å²) in [5.41, 5.74) is 3.59. The van der Waals surface area contributed by atoms with Crippen molar-refractivity contribution in [2.45, 2.75) is 45.6 Å². The quantitative estimate of drug-likeness (QED) is 0.867. The van der Waals surface area contributed by atoms with Crippen LogP contribution in [0.4, 0.5) is 5.69 Å². The van der Waals surface area contributed by atoms with Crippen LogP contribution in [0.15, 0.2) is 29.2 Å². The number of carbonyl (C=O) groups excluding carboxylic acids is 1. The molecule has 1 amide bonds. The number of nitrogens with one attached hydrogen (secondary N) is 1. The van der Waals surface area contributed by atoms with E-state index in [9.17, 15) is 13.2 Å². The summed E-state index contributed by atoms with van der Waals surface area (Å²) in [5, 5.41) is 2.82. The maximum atomic E-state index is 12.7. The van der Waals surface area contributed by atoms with Gasteiger partial charge in [-0.25, -0.2) is 12.7 Å². The number of rotatable bonds is 5. The van der Waals surface area contributed by atoms with Crippen LogP contribution >= 0.6 is 0 Å². The van der Waals surface area contributed by atoms with Crippen molar-refractivity contribution in [3.63, 3.8) is 0 Å². The Morgan fingerprint density at radius 1 is 1.12 bits per heavy atom. The Morgan fingerprint density at radius 3 is 2.23 bits per heavy atom. The maximum Gasteiger partial charge on any atom is 0.257 e. The second-order valence-corrected chi connectivity index (χ2v) is 9.09. The number of sulfonamides is 1. The molecule has 7 heteroatoms. The predicted octanol–water partition coefficient (Wildman–Crippen LogP) is 3.50. The molecule has 26 heavy (non-hydrogen) atoms. The first-order chi connectivity index (χ1) is 12.0. The fourth-order valence-corrected chi connectivity index (χ4v) is 4.30. The molecule has 0 saturated carbocycles. The number of aromatic nitrogens is 1. The first-order valence-corrected chi connectivity index (χ1v) is 9.93. The zero-order valence-corrected chi connectivity index (χ0v) is 17.2. The number of carbonyl (C=O) groups is 1. The van der Waals surface area contributed by atoms with Crippen molar-refractivity contribution in [3.8, 4) is 0 Å². The molecular formula is C19H27N3O3S. The van der Waals surface area contributed by atoms with Gasteiger partial charge in [0.1, 0.15) is 0 Å². The van der Waals surface area contributed by atoms with Crippen molar-refractivity contribution in [2.75, 3.05) is 19.4 Å². The van der Waals surface area contributed by atoms with Gasteiger partial charge in [0.05, 0.1) is 10.5 Å². The number of hydrogen-bond donors (Lipinski definition) is 1. The minimum atomic E-state index is -3.57. The molecule has 2 aromatic rings. The summed E-state index contributed by atoms with van der Waals surface area (Å²) in [6.07, 6.45) is 0. The lowest BCUT2D eigenvalue weighted by molar-refractivity contribution is 0.102. The third-order valence-corrected chi connectivity index (χ3v) is 6.41. The van der Waals surface area contributed by atoms with E-state index in [1.165, 1.54) is 20.2 Å². The van der Waals surface area contributed by atoms with Crippen molar-refractivity contribution in [3.05, 3.63) is 46.8 Å². The summed E-state index contributed by atoms with van der Waals surface area (Å²) in [6, 6.07) is 7.03. The molecular weight excluding hydrogens is 350 g/mol. The molecule has 0 bridgehead atoms. The lowest BCUT2D eigenvalue weighted by Gasteiger charge is -2.15. The van der Waals surface area contributed by atoms with E-state index in [4.69, 9.17) is 0 Å². The SMILES string of the molecule is Cc1ccc(NC(=O)c2cc(C)n(C(C)C)c2C)cc1S(=O)(=O)N(C)C. The number of anilines is 1. The Balaban J connectivity index is 2.39. The van der Waals surface area contributed by atoms with Gasteiger partial charge in [0, 0.05) is 37.2 Å². The Labute approximate surface area is 155 Å². The van der Waals surface area contributed by atoms with Gasteiger partial charge in [-0.05, 0) is 58.4 Å². The molecule has 142 valence electrons. The Hall–Kier alpha value is -2.12. The number of benzene rings is 1. The van der Waals surface area contributed by atoms with Crippen molar-refractivity contribution in [2.24, 2.45) is 0 Å². The predicted molar refractivity (Wildman–Crippen MR) is 104 cm³/mol. The van der Waals surface area contributed by atoms with E-state index in [2.05, 4.69) is 23.7 Å². The third-order valence-electron chi connectivity index (χ3n) is 4.45. The molecule has 0 atom stereocenters. The molecule has 6 nitrogen and oxygen atoms in total. The molecule has 2 rings (SSSR count). The summed E-state index contributed by atoms with van der Waals surface area (Å²) in [7, 11) is -0.601. The van der Waals surface area contributed by atoms with Gasteiger partial charge >= 0.3 is 0 Å². The smallest absolute Gasteiger partial charge is 0.257 e. The molecule has 0 fully saturated rings. The summed E-state index contributed by atoms with van der Waals surface area (Å²) >= 11 is 0. The van der Waals surface area contributed by atoms with Crippen LogP contribution in [-0.4, -0.2) is 37.3 Å². The minimum Gasteiger partial charge on any atom is -0.346 e. The van der Waals surface area contributed by atoms with Gasteiger partial charge in [0.15, 0.2) is 0 Å². The maximum absolute atomic E-state index is 12.7. The number of amides is 1. The van der Waals surface area contributed by atoms with Crippen molar-refractivity contribution in [1.29, 1.82) is 0 Å². The van der Waals surface area contributed by atoms with Gasteiger partial charge in [-0.3, -0.25) is 4.79 Å². The summed E-state index contributed by atoms with van der Waals surface area (Å²) in [5.74, 6) is -0.248. The summed E-state index contributed by atoms with van der Waals surface area (Å²) in [4.78, 5) is 12.9. The second-order valence-electron chi connectivity index (χ2n) is 6.97. The van der Waals surface area contributed by atoms with E-state index in [1.54, 1.807) is 19.1 Å². The molecule has 0 aliphatic carbocycles. The molecule has 0 unspecified atom stereocenters. The Bertz CT molecular complexity index is 941. The average Bonchev–Trinajstić information content (AvgIpc) is 2.83. The highest BCUT2D eigenvalue weighted by molar-refractivity contribution is 7.89. The van der Waals surface area contributed by atoms with E-state index in [1.807, 2.05) is 19.9 Å². The van der Waals surface area contributed by atoms with Crippen LogP contribution in [0, 0.1) is 20.8 Å². The van der Waals surface area contributed by atoms with Crippen molar-refractivity contribution in [1.82, 2.24) is 8.87 Å². The lowest BCUT2D eigenvalue weighted by atomic mass is 10.2. The molecule has 1 heterocycles. The topological polar surface area (TPSA) is 71.4 Å². The second kappa shape index (κ2) is 7.25. The Kier molecular flexibility index (Phi) is 5.63. The average molecular weight is 378 g/mol. The van der Waals surface area contributed by atoms with Gasteiger partial charge in [-0.1, -0.05) is 6.07 Å². The fourth-order valence-electron chi connectivity index (χ4n) is 3.15. The highest BCUT2D eigenvalue weighted by Crippen LogP contribution is 2.24. The zero-order valence-electron chi connectivity index (χ0n) is 16.4. The molecule has 1 aromatic heterocycles. The number of hydrogen-bond acceptors (Lipinski definition) is 3. The summed E-state index contributed by atoms with van der Waals surface area (Å²) in [6.45, 7) is 9.76. The first-order valence-electron chi connectivity index (χ1n) is 8.49. The van der Waals surface area contributed by atoms with E-state index in [0.29, 0.717) is 16.8 Å². The van der Waals surface area contributed by atoms with E-state index in [-0.39, 0.29) is 16.8 Å². The normalized spacial score (nSPS) is 12.0. The molecule has 0 spiro atoms. The van der Waals surface area contributed by atoms with Crippen LogP contribution in [0.25, 0.3) is 0 Å². The molecule has 1 N–H and O–H groups in total.